The highest BCUT2D eigenvalue weighted by Gasteiger charge is 2.44. The van der Waals surface area contributed by atoms with E-state index in [-0.39, 0.29) is 58.9 Å². The van der Waals surface area contributed by atoms with Gasteiger partial charge < -0.3 is 41.3 Å². The lowest BCUT2D eigenvalue weighted by Gasteiger charge is -2.42. The van der Waals surface area contributed by atoms with Crippen LogP contribution in [0.3, 0.4) is 0 Å². The van der Waals surface area contributed by atoms with Crippen molar-refractivity contribution in [2.45, 2.75) is 191 Å². The van der Waals surface area contributed by atoms with Crippen molar-refractivity contribution >= 4 is 47.2 Å². The molecule has 6 amide bonds. The number of ether oxygens (including phenoxy) is 1. The minimum absolute atomic E-state index is 0.0315. The maximum atomic E-state index is 13.1. The lowest BCUT2D eigenvalue weighted by molar-refractivity contribution is -0.173. The maximum absolute atomic E-state index is 13.1. The van der Waals surface area contributed by atoms with Gasteiger partial charge in [-0.1, -0.05) is 46.5 Å². The first kappa shape index (κ1) is 51.3. The first-order valence-corrected chi connectivity index (χ1v) is 23.7. The van der Waals surface area contributed by atoms with Crippen LogP contribution in [0.5, 0.6) is 0 Å². The molecule has 0 aromatic rings. The summed E-state index contributed by atoms with van der Waals surface area (Å²) < 4.78 is 5.75. The number of imide groups is 1. The number of rotatable bonds is 28. The van der Waals surface area contributed by atoms with Gasteiger partial charge in [0, 0.05) is 62.5 Å². The molecule has 16 heteroatoms. The molecule has 2 fully saturated rings. The van der Waals surface area contributed by atoms with E-state index in [2.05, 4.69) is 42.0 Å². The first-order chi connectivity index (χ1) is 28.8. The molecule has 0 bridgehead atoms. The third-order valence-corrected chi connectivity index (χ3v) is 13.9. The van der Waals surface area contributed by atoms with Gasteiger partial charge in [-0.15, -0.1) is 11.8 Å². The molecule has 0 aromatic carbocycles. The van der Waals surface area contributed by atoms with Gasteiger partial charge in [0.15, 0.2) is 0 Å². The molecule has 0 aromatic heterocycles. The molecule has 7 N–H and O–H groups in total. The molecular weight excluding hydrogens is 791 g/mol. The minimum atomic E-state index is -1.29. The zero-order valence-corrected chi connectivity index (χ0v) is 37.4. The van der Waals surface area contributed by atoms with E-state index < -0.39 is 36.4 Å². The number of aliphatic hydroxyl groups is 3. The Balaban J connectivity index is 1.22. The van der Waals surface area contributed by atoms with Crippen LogP contribution in [0.25, 0.3) is 0 Å². The van der Waals surface area contributed by atoms with Crippen LogP contribution < -0.4 is 21.3 Å². The Bertz CT molecular complexity index is 1390. The van der Waals surface area contributed by atoms with Crippen LogP contribution in [0.1, 0.15) is 150 Å². The van der Waals surface area contributed by atoms with Gasteiger partial charge in [-0.3, -0.25) is 33.7 Å². The zero-order chi connectivity index (χ0) is 44.1. The number of nitrogens with zero attached hydrogens (tertiary/aromatic N) is 1. The van der Waals surface area contributed by atoms with Crippen molar-refractivity contribution in [3.8, 4) is 0 Å². The molecule has 3 rings (SSSR count). The largest absolute Gasteiger partial charge is 0.394 e. The average molecular weight is 866 g/mol. The molecule has 4 unspecified atom stereocenters. The summed E-state index contributed by atoms with van der Waals surface area (Å²) in [6, 6.07) is -0.718. The van der Waals surface area contributed by atoms with Crippen LogP contribution in [-0.4, -0.2) is 122 Å². The Hall–Kier alpha value is -3.05. The van der Waals surface area contributed by atoms with E-state index in [4.69, 9.17) is 4.74 Å². The fourth-order valence-corrected chi connectivity index (χ4v) is 9.77. The summed E-state index contributed by atoms with van der Waals surface area (Å²) in [5.41, 5.74) is -0.861. The molecule has 1 aliphatic carbocycles. The predicted molar refractivity (Wildman–Crippen MR) is 231 cm³/mol. The van der Waals surface area contributed by atoms with E-state index in [9.17, 15) is 44.1 Å². The summed E-state index contributed by atoms with van der Waals surface area (Å²) in [6.45, 7) is 8.19. The molecule has 15 nitrogen and oxygen atoms in total. The number of amides is 6. The van der Waals surface area contributed by atoms with Gasteiger partial charge in [0.2, 0.25) is 23.6 Å². The number of nitrogens with one attached hydrogen (secondary N) is 4. The third-order valence-electron chi connectivity index (χ3n) is 12.6. The Kier molecular flexibility index (Phi) is 23.2. The van der Waals surface area contributed by atoms with Crippen LogP contribution >= 0.6 is 11.8 Å². The van der Waals surface area contributed by atoms with Crippen molar-refractivity contribution < 1.29 is 48.8 Å². The zero-order valence-electron chi connectivity index (χ0n) is 36.6. The lowest BCUT2D eigenvalue weighted by atomic mass is 9.81. The SMILES string of the molecule is CCC(CCCCC(=O)NC(CC)(CC)CCCCCC(=O)NCCCCCS[C@@H]1OC(CO)[C@H](O)C(O)C1NC(C)=O)NC(=O)C1CCC(CN2C(=O)C=CC2=O)CC1. The van der Waals surface area contributed by atoms with E-state index in [0.29, 0.717) is 31.7 Å². The third kappa shape index (κ3) is 17.0. The van der Waals surface area contributed by atoms with Gasteiger partial charge >= 0.3 is 0 Å². The molecule has 1 saturated heterocycles. The maximum Gasteiger partial charge on any atom is 0.253 e. The van der Waals surface area contributed by atoms with E-state index in [1.807, 2.05) is 0 Å². The Morgan fingerprint density at radius 1 is 0.867 bits per heavy atom. The second kappa shape index (κ2) is 27.1. The molecular formula is C44H75N5O10S. The Morgan fingerprint density at radius 2 is 1.52 bits per heavy atom. The molecule has 3 aliphatic rings. The summed E-state index contributed by atoms with van der Waals surface area (Å²) in [6.07, 6.45) is 14.1. The van der Waals surface area contributed by atoms with Crippen LogP contribution in [0.4, 0.5) is 0 Å². The standard InChI is InChI=1S/C44H75N5O10S/c1-5-33(47-42(58)32-21-19-31(20-22-32)28-49-37(54)23-24-38(49)55)16-11-12-18-36(53)48-44(6-2,7-3)25-13-8-10-17-35(52)45-26-14-9-15-27-60-43-39(46-30(4)51)41(57)40(56)34(29-50)59-43/h23-24,31-34,39-41,43,50,56-57H,5-22,25-29H2,1-4H3,(H,45,52)(H,46,51)(H,47,58)(H,48,53)/t31?,32?,33?,34?,39?,40-,41?,43-/m0/s1. The summed E-state index contributed by atoms with van der Waals surface area (Å²) in [5.74, 6) is 0.197. The second-order valence-electron chi connectivity index (χ2n) is 17.0. The normalized spacial score (nSPS) is 24.9. The highest BCUT2D eigenvalue weighted by molar-refractivity contribution is 7.99. The van der Waals surface area contributed by atoms with Gasteiger partial charge in [0.25, 0.3) is 11.8 Å². The average Bonchev–Trinajstić information content (AvgIpc) is 3.55. The first-order valence-electron chi connectivity index (χ1n) is 22.7. The fraction of sp³-hybridized carbons (Fsp3) is 0.818. The molecule has 2 aliphatic heterocycles. The van der Waals surface area contributed by atoms with Crippen molar-refractivity contribution in [2.75, 3.05) is 25.4 Å². The Labute approximate surface area is 361 Å². The highest BCUT2D eigenvalue weighted by atomic mass is 32.2. The van der Waals surface area contributed by atoms with Crippen molar-refractivity contribution in [1.29, 1.82) is 0 Å². The van der Waals surface area contributed by atoms with Crippen molar-refractivity contribution in [2.24, 2.45) is 11.8 Å². The molecule has 1 saturated carbocycles. The molecule has 342 valence electrons. The summed E-state index contributed by atoms with van der Waals surface area (Å²) in [7, 11) is 0. The summed E-state index contributed by atoms with van der Waals surface area (Å²) >= 11 is 1.42. The van der Waals surface area contributed by atoms with Gasteiger partial charge in [-0.05, 0) is 95.1 Å². The van der Waals surface area contributed by atoms with Gasteiger partial charge in [-0.25, -0.2) is 0 Å². The van der Waals surface area contributed by atoms with Gasteiger partial charge in [0.1, 0.15) is 23.7 Å². The van der Waals surface area contributed by atoms with Gasteiger partial charge in [-0.2, -0.15) is 0 Å². The quantitative estimate of drug-likeness (QED) is 0.0443. The van der Waals surface area contributed by atoms with E-state index in [0.717, 1.165) is 109 Å². The van der Waals surface area contributed by atoms with Gasteiger partial charge in [0.05, 0.1) is 12.6 Å². The molecule has 2 heterocycles. The Morgan fingerprint density at radius 3 is 2.15 bits per heavy atom. The fourth-order valence-electron chi connectivity index (χ4n) is 8.51. The van der Waals surface area contributed by atoms with E-state index in [1.165, 1.54) is 35.7 Å². The lowest BCUT2D eigenvalue weighted by Crippen LogP contribution is -2.63. The summed E-state index contributed by atoms with van der Waals surface area (Å²) in [4.78, 5) is 75.3. The minimum Gasteiger partial charge on any atom is -0.394 e. The van der Waals surface area contributed by atoms with E-state index >= 15 is 0 Å². The smallest absolute Gasteiger partial charge is 0.253 e. The number of thioether (sulfide) groups is 1. The van der Waals surface area contributed by atoms with E-state index in [1.54, 1.807) is 0 Å². The molecule has 0 spiro atoms. The van der Waals surface area contributed by atoms with Crippen molar-refractivity contribution in [1.82, 2.24) is 26.2 Å². The highest BCUT2D eigenvalue weighted by Crippen LogP contribution is 2.31. The molecule has 0 radical (unpaired) electrons. The van der Waals surface area contributed by atoms with Crippen molar-refractivity contribution in [3.05, 3.63) is 12.2 Å². The van der Waals surface area contributed by atoms with Crippen LogP contribution in [0, 0.1) is 11.8 Å². The van der Waals surface area contributed by atoms with Crippen LogP contribution in [-0.2, 0) is 33.5 Å². The topological polar surface area (TPSA) is 224 Å². The predicted octanol–water partition coefficient (Wildman–Crippen LogP) is 3.76. The monoisotopic (exact) mass is 866 g/mol. The number of carbonyl (C=O) groups excluding carboxylic acids is 6. The number of carbonyl (C=O) groups is 6. The van der Waals surface area contributed by atoms with Crippen LogP contribution in [0.15, 0.2) is 12.2 Å². The molecule has 6 atom stereocenters. The van der Waals surface area contributed by atoms with Crippen molar-refractivity contribution in [3.63, 3.8) is 0 Å². The number of unbranched alkanes of at least 4 members (excludes halogenated alkanes) is 5. The summed E-state index contributed by atoms with van der Waals surface area (Å²) in [5, 5.41) is 42.3. The molecule has 60 heavy (non-hydrogen) atoms. The number of hydrogen-bond acceptors (Lipinski definition) is 11. The number of hydrogen-bond donors (Lipinski definition) is 7. The number of aliphatic hydroxyl groups excluding tert-OH is 3. The second-order valence-corrected chi connectivity index (χ2v) is 18.2. The van der Waals surface area contributed by atoms with Crippen LogP contribution in [0.2, 0.25) is 0 Å².